The van der Waals surface area contributed by atoms with Crippen molar-refractivity contribution in [2.24, 2.45) is 5.92 Å². The quantitative estimate of drug-likeness (QED) is 0.714. The second-order valence-electron chi connectivity index (χ2n) is 5.55. The average molecular weight is 356 g/mol. The molecule has 0 aliphatic heterocycles. The van der Waals surface area contributed by atoms with E-state index < -0.39 is 0 Å². The van der Waals surface area contributed by atoms with Crippen LogP contribution in [0.25, 0.3) is 0 Å². The van der Waals surface area contributed by atoms with Crippen molar-refractivity contribution in [1.29, 1.82) is 0 Å². The van der Waals surface area contributed by atoms with E-state index in [-0.39, 0.29) is 11.7 Å². The number of anilines is 2. The van der Waals surface area contributed by atoms with Gasteiger partial charge in [-0.1, -0.05) is 37.0 Å². The minimum absolute atomic E-state index is 0.287. The molecule has 0 atom stereocenters. The number of imidazole rings is 1. The number of carbonyl (C=O) groups is 1. The second-order valence-corrected chi connectivity index (χ2v) is 6.37. The predicted molar refractivity (Wildman–Crippen MR) is 93.8 cm³/mol. The molecule has 0 fully saturated rings. The molecule has 0 aliphatic rings. The maximum absolute atomic E-state index is 12.0. The van der Waals surface area contributed by atoms with Crippen molar-refractivity contribution < 1.29 is 4.79 Å². The minimum Gasteiger partial charge on any atom is -0.396 e. The van der Waals surface area contributed by atoms with E-state index >= 15 is 0 Å². The number of benzene rings is 1. The van der Waals surface area contributed by atoms with Gasteiger partial charge in [0, 0.05) is 24.6 Å². The lowest BCUT2D eigenvalue weighted by molar-refractivity contribution is 0.251. The Morgan fingerprint density at radius 1 is 1.35 bits per heavy atom. The first-order valence-electron chi connectivity index (χ1n) is 7.16. The van der Waals surface area contributed by atoms with Crippen molar-refractivity contribution in [3.05, 3.63) is 40.4 Å². The highest BCUT2D eigenvalue weighted by atomic mass is 35.5. The molecule has 0 spiro atoms. The molecule has 8 heteroatoms. The van der Waals surface area contributed by atoms with Gasteiger partial charge in [0.25, 0.3) is 0 Å². The van der Waals surface area contributed by atoms with Gasteiger partial charge in [0.15, 0.2) is 0 Å². The van der Waals surface area contributed by atoms with Crippen LogP contribution in [0.4, 0.5) is 16.2 Å². The molecule has 1 aromatic heterocycles. The van der Waals surface area contributed by atoms with E-state index in [4.69, 9.17) is 28.9 Å². The Hall–Kier alpha value is -1.92. The van der Waals surface area contributed by atoms with E-state index in [1.807, 2.05) is 10.8 Å². The van der Waals surface area contributed by atoms with Crippen LogP contribution in [0.15, 0.2) is 24.5 Å². The summed E-state index contributed by atoms with van der Waals surface area (Å²) in [7, 11) is 0. The fourth-order valence-corrected chi connectivity index (χ4v) is 2.55. The molecule has 124 valence electrons. The van der Waals surface area contributed by atoms with E-state index in [9.17, 15) is 4.79 Å². The summed E-state index contributed by atoms with van der Waals surface area (Å²) in [6.45, 7) is 5.42. The van der Waals surface area contributed by atoms with E-state index in [0.717, 1.165) is 12.4 Å². The first-order valence-corrected chi connectivity index (χ1v) is 7.91. The summed E-state index contributed by atoms with van der Waals surface area (Å²) in [5.74, 6) is 1.29. The van der Waals surface area contributed by atoms with Gasteiger partial charge in [-0.2, -0.15) is 0 Å². The second kappa shape index (κ2) is 7.57. The van der Waals surface area contributed by atoms with Gasteiger partial charge in [-0.05, 0) is 18.1 Å². The highest BCUT2D eigenvalue weighted by molar-refractivity contribution is 6.39. The Balaban J connectivity index is 1.94. The normalized spacial score (nSPS) is 10.8. The number of nitrogens with two attached hydrogens (primary N) is 1. The summed E-state index contributed by atoms with van der Waals surface area (Å²) in [5.41, 5.74) is 6.41. The summed E-state index contributed by atoms with van der Waals surface area (Å²) >= 11 is 11.9. The van der Waals surface area contributed by atoms with Gasteiger partial charge < -0.3 is 20.9 Å². The molecule has 6 nitrogen and oxygen atoms in total. The maximum atomic E-state index is 12.0. The lowest BCUT2D eigenvalue weighted by Gasteiger charge is -2.12. The number of nitrogens with zero attached hydrogens (tertiary/aromatic N) is 2. The smallest absolute Gasteiger partial charge is 0.319 e. The first-order chi connectivity index (χ1) is 10.9. The van der Waals surface area contributed by atoms with Gasteiger partial charge in [0.1, 0.15) is 5.82 Å². The zero-order valence-electron chi connectivity index (χ0n) is 12.9. The van der Waals surface area contributed by atoms with Crippen LogP contribution in [-0.4, -0.2) is 15.6 Å². The van der Waals surface area contributed by atoms with Gasteiger partial charge in [-0.15, -0.1) is 0 Å². The molecule has 0 unspecified atom stereocenters. The van der Waals surface area contributed by atoms with Crippen molar-refractivity contribution in [1.82, 2.24) is 14.9 Å². The van der Waals surface area contributed by atoms with Crippen LogP contribution in [0, 0.1) is 5.92 Å². The van der Waals surface area contributed by atoms with Crippen molar-refractivity contribution in [2.75, 3.05) is 11.1 Å². The highest BCUT2D eigenvalue weighted by Gasteiger charge is 2.09. The molecule has 4 N–H and O–H groups in total. The Bertz CT molecular complexity index is 676. The molecule has 0 radical (unpaired) electrons. The van der Waals surface area contributed by atoms with Crippen LogP contribution in [0.5, 0.6) is 0 Å². The van der Waals surface area contributed by atoms with Gasteiger partial charge in [0.2, 0.25) is 0 Å². The molecular weight excluding hydrogens is 337 g/mol. The molecule has 0 bridgehead atoms. The van der Waals surface area contributed by atoms with E-state index in [1.165, 1.54) is 0 Å². The van der Waals surface area contributed by atoms with Crippen molar-refractivity contribution in [3.8, 4) is 0 Å². The predicted octanol–water partition coefficient (Wildman–Crippen LogP) is 3.75. The van der Waals surface area contributed by atoms with Crippen molar-refractivity contribution in [2.45, 2.75) is 26.9 Å². The number of nitrogens with one attached hydrogen (secondary N) is 2. The number of halogens is 2. The summed E-state index contributed by atoms with van der Waals surface area (Å²) in [5, 5.41) is 6.00. The Morgan fingerprint density at radius 3 is 2.61 bits per heavy atom. The van der Waals surface area contributed by atoms with Crippen molar-refractivity contribution in [3.63, 3.8) is 0 Å². The third-order valence-electron chi connectivity index (χ3n) is 3.11. The molecule has 2 amide bonds. The summed E-state index contributed by atoms with van der Waals surface area (Å²) in [6.07, 6.45) is 3.62. The monoisotopic (exact) mass is 355 g/mol. The zero-order valence-corrected chi connectivity index (χ0v) is 14.4. The summed E-state index contributed by atoms with van der Waals surface area (Å²) in [6, 6.07) is 2.71. The highest BCUT2D eigenvalue weighted by Crippen LogP contribution is 2.30. The van der Waals surface area contributed by atoms with Crippen LogP contribution in [0.1, 0.15) is 19.7 Å². The number of aromatic nitrogens is 2. The zero-order chi connectivity index (χ0) is 17.0. The first kappa shape index (κ1) is 17.4. The van der Waals surface area contributed by atoms with E-state index in [1.54, 1.807) is 18.3 Å². The Morgan fingerprint density at radius 2 is 2.00 bits per heavy atom. The third-order valence-corrected chi connectivity index (χ3v) is 3.73. The van der Waals surface area contributed by atoms with Gasteiger partial charge >= 0.3 is 6.03 Å². The largest absolute Gasteiger partial charge is 0.396 e. The van der Waals surface area contributed by atoms with Crippen LogP contribution < -0.4 is 16.4 Å². The maximum Gasteiger partial charge on any atom is 0.319 e. The molecule has 0 saturated heterocycles. The number of carbonyl (C=O) groups excluding carboxylic acids is 1. The molecule has 0 saturated carbocycles. The number of hydrogen-bond donors (Lipinski definition) is 3. The minimum atomic E-state index is -0.374. The average Bonchev–Trinajstić information content (AvgIpc) is 2.89. The van der Waals surface area contributed by atoms with Gasteiger partial charge in [-0.3, -0.25) is 0 Å². The number of amides is 2. The molecule has 0 aliphatic carbocycles. The van der Waals surface area contributed by atoms with Crippen LogP contribution in [-0.2, 0) is 13.1 Å². The molecule has 2 aromatic rings. The Kier molecular flexibility index (Phi) is 5.74. The van der Waals surface area contributed by atoms with Gasteiger partial charge in [0.05, 0.1) is 22.3 Å². The number of nitrogen functional groups attached to an aromatic ring is 1. The molecule has 1 aromatic carbocycles. The van der Waals surface area contributed by atoms with E-state index in [0.29, 0.717) is 28.2 Å². The molecule has 2 rings (SSSR count). The lowest BCUT2D eigenvalue weighted by Crippen LogP contribution is -2.29. The third kappa shape index (κ3) is 4.77. The number of urea groups is 1. The van der Waals surface area contributed by atoms with Crippen LogP contribution >= 0.6 is 23.2 Å². The summed E-state index contributed by atoms with van der Waals surface area (Å²) in [4.78, 5) is 16.2. The number of rotatable bonds is 5. The standard InChI is InChI=1S/C15H19Cl2N5O/c1-9(2)8-22-4-3-19-13(22)7-20-15(23)21-10-5-11(16)14(18)12(17)6-10/h3-6,9H,7-8,18H2,1-2H3,(H2,20,21,23). The SMILES string of the molecule is CC(C)Cn1ccnc1CNC(=O)Nc1cc(Cl)c(N)c(Cl)c1. The topological polar surface area (TPSA) is 85.0 Å². The summed E-state index contributed by atoms with van der Waals surface area (Å²) < 4.78 is 2.02. The van der Waals surface area contributed by atoms with E-state index in [2.05, 4.69) is 29.5 Å². The fraction of sp³-hybridized carbons (Fsp3) is 0.333. The molecule has 23 heavy (non-hydrogen) atoms. The molecule has 1 heterocycles. The Labute approximate surface area is 145 Å². The van der Waals surface area contributed by atoms with Crippen LogP contribution in [0.2, 0.25) is 10.0 Å². The van der Waals surface area contributed by atoms with Gasteiger partial charge in [-0.25, -0.2) is 9.78 Å². The number of hydrogen-bond acceptors (Lipinski definition) is 3. The fourth-order valence-electron chi connectivity index (χ4n) is 2.06. The molecular formula is C15H19Cl2N5O. The van der Waals surface area contributed by atoms with Crippen molar-refractivity contribution >= 4 is 40.6 Å². The van der Waals surface area contributed by atoms with Crippen LogP contribution in [0.3, 0.4) is 0 Å². The lowest BCUT2D eigenvalue weighted by atomic mass is 10.2.